The summed E-state index contributed by atoms with van der Waals surface area (Å²) in [5.74, 6) is 1.21. The Morgan fingerprint density at radius 2 is 2.20 bits per heavy atom. The Balaban J connectivity index is 1.94. The molecule has 1 saturated carbocycles. The van der Waals surface area contributed by atoms with E-state index in [1.807, 2.05) is 11.8 Å². The normalized spacial score (nSPS) is 24.1. The molecular formula is C12H19N3O2S3. The van der Waals surface area contributed by atoms with Crippen LogP contribution in [0.1, 0.15) is 26.2 Å². The van der Waals surface area contributed by atoms with E-state index >= 15 is 0 Å². The minimum absolute atomic E-state index is 0.183. The number of hydrogen-bond donors (Lipinski definition) is 1. The van der Waals surface area contributed by atoms with Crippen LogP contribution in [0.4, 0.5) is 10.8 Å². The zero-order valence-corrected chi connectivity index (χ0v) is 13.9. The molecule has 1 aliphatic heterocycles. The molecule has 2 heterocycles. The van der Waals surface area contributed by atoms with Gasteiger partial charge in [0, 0.05) is 24.1 Å². The van der Waals surface area contributed by atoms with Crippen molar-refractivity contribution >= 4 is 44.0 Å². The lowest BCUT2D eigenvalue weighted by atomic mass is 10.3. The van der Waals surface area contributed by atoms with Gasteiger partial charge in [-0.25, -0.2) is 8.42 Å². The van der Waals surface area contributed by atoms with E-state index in [0.717, 1.165) is 43.1 Å². The van der Waals surface area contributed by atoms with E-state index in [9.17, 15) is 8.42 Å². The summed E-state index contributed by atoms with van der Waals surface area (Å²) in [4.78, 5) is 2.46. The van der Waals surface area contributed by atoms with Crippen molar-refractivity contribution in [3.05, 3.63) is 0 Å². The summed E-state index contributed by atoms with van der Waals surface area (Å²) in [6.07, 6.45) is 2.61. The highest BCUT2D eigenvalue weighted by Gasteiger charge is 2.42. The Labute approximate surface area is 128 Å². The molecule has 0 spiro atoms. The monoisotopic (exact) mass is 333 g/mol. The van der Waals surface area contributed by atoms with Crippen LogP contribution in [0.15, 0.2) is 4.90 Å². The van der Waals surface area contributed by atoms with Crippen LogP contribution in [0.3, 0.4) is 0 Å². The molecule has 20 heavy (non-hydrogen) atoms. The summed E-state index contributed by atoms with van der Waals surface area (Å²) in [6, 6.07) is 0. The highest BCUT2D eigenvalue weighted by Crippen LogP contribution is 2.43. The largest absolute Gasteiger partial charge is 0.382 e. The molecule has 5 nitrogen and oxygen atoms in total. The lowest BCUT2D eigenvalue weighted by Gasteiger charge is -2.32. The SMILES string of the molecule is CCC1CN(c2snc(N)c2S(=O)(=O)C2CC2)CCS1. The number of thioether (sulfide) groups is 1. The van der Waals surface area contributed by atoms with Crippen molar-refractivity contribution in [1.29, 1.82) is 0 Å². The van der Waals surface area contributed by atoms with E-state index in [4.69, 9.17) is 5.73 Å². The van der Waals surface area contributed by atoms with E-state index < -0.39 is 9.84 Å². The summed E-state index contributed by atoms with van der Waals surface area (Å²) >= 11 is 3.19. The molecule has 8 heteroatoms. The second-order valence-electron chi connectivity index (χ2n) is 5.29. The van der Waals surface area contributed by atoms with E-state index in [0.29, 0.717) is 10.1 Å². The molecule has 0 amide bonds. The van der Waals surface area contributed by atoms with Gasteiger partial charge < -0.3 is 10.6 Å². The average molecular weight is 334 g/mol. The maximum Gasteiger partial charge on any atom is 0.187 e. The molecule has 0 aromatic carbocycles. The lowest BCUT2D eigenvalue weighted by molar-refractivity contribution is 0.594. The van der Waals surface area contributed by atoms with Gasteiger partial charge in [-0.3, -0.25) is 0 Å². The van der Waals surface area contributed by atoms with Gasteiger partial charge in [-0.1, -0.05) is 6.92 Å². The van der Waals surface area contributed by atoms with E-state index in [1.54, 1.807) is 0 Å². The minimum Gasteiger partial charge on any atom is -0.382 e. The van der Waals surface area contributed by atoms with Crippen LogP contribution in [0.2, 0.25) is 0 Å². The Morgan fingerprint density at radius 1 is 1.45 bits per heavy atom. The number of nitrogen functional groups attached to an aromatic ring is 1. The molecule has 112 valence electrons. The smallest absolute Gasteiger partial charge is 0.187 e. The van der Waals surface area contributed by atoms with Crippen LogP contribution in [0.5, 0.6) is 0 Å². The van der Waals surface area contributed by atoms with Gasteiger partial charge in [0.25, 0.3) is 0 Å². The Hall–Kier alpha value is -0.470. The Bertz CT molecular complexity index is 595. The van der Waals surface area contributed by atoms with Crippen molar-refractivity contribution in [3.63, 3.8) is 0 Å². The summed E-state index contributed by atoms with van der Waals surface area (Å²) in [5, 5.41) is 1.08. The molecule has 1 aliphatic carbocycles. The van der Waals surface area contributed by atoms with Crippen molar-refractivity contribution in [2.24, 2.45) is 0 Å². The number of hydrogen-bond acceptors (Lipinski definition) is 7. The van der Waals surface area contributed by atoms with E-state index in [1.165, 1.54) is 11.5 Å². The number of sulfone groups is 1. The predicted octanol–water partition coefficient (Wildman–Crippen LogP) is 1.99. The van der Waals surface area contributed by atoms with Crippen LogP contribution >= 0.6 is 23.3 Å². The summed E-state index contributed by atoms with van der Waals surface area (Å²) in [7, 11) is -3.28. The van der Waals surface area contributed by atoms with Gasteiger partial charge in [-0.05, 0) is 30.8 Å². The molecule has 1 unspecified atom stereocenters. The minimum atomic E-state index is -3.28. The summed E-state index contributed by atoms with van der Waals surface area (Å²) < 4.78 is 29.2. The first kappa shape index (κ1) is 14.5. The number of nitrogens with two attached hydrogens (primary N) is 1. The lowest BCUT2D eigenvalue weighted by Crippen LogP contribution is -2.37. The number of nitrogens with zero attached hydrogens (tertiary/aromatic N) is 2. The summed E-state index contributed by atoms with van der Waals surface area (Å²) in [5.41, 5.74) is 5.86. The molecule has 2 N–H and O–H groups in total. The van der Waals surface area contributed by atoms with Crippen LogP contribution in [0, 0.1) is 0 Å². The highest BCUT2D eigenvalue weighted by molar-refractivity contribution is 8.00. The fourth-order valence-corrected chi connectivity index (χ4v) is 6.69. The second-order valence-corrected chi connectivity index (χ2v) is 9.62. The Morgan fingerprint density at radius 3 is 2.85 bits per heavy atom. The fraction of sp³-hybridized carbons (Fsp3) is 0.750. The third-order valence-electron chi connectivity index (χ3n) is 3.79. The average Bonchev–Trinajstić information content (AvgIpc) is 3.22. The molecule has 1 aromatic heterocycles. The predicted molar refractivity (Wildman–Crippen MR) is 85.5 cm³/mol. The van der Waals surface area contributed by atoms with Crippen LogP contribution < -0.4 is 10.6 Å². The van der Waals surface area contributed by atoms with E-state index in [2.05, 4.69) is 16.2 Å². The van der Waals surface area contributed by atoms with Crippen LogP contribution in [-0.2, 0) is 9.84 Å². The first-order valence-corrected chi connectivity index (χ1v) is 10.3. The van der Waals surface area contributed by atoms with Gasteiger partial charge in [0.2, 0.25) is 0 Å². The number of anilines is 2. The molecule has 1 saturated heterocycles. The standard InChI is InChI=1S/C12H19N3O2S3/c1-2-8-7-15(5-6-18-8)12-10(11(13)14-19-12)20(16,17)9-3-4-9/h8-9H,2-7H2,1H3,(H2,13,14). The first-order valence-electron chi connectivity index (χ1n) is 6.89. The molecule has 0 bridgehead atoms. The fourth-order valence-electron chi connectivity index (χ4n) is 2.45. The maximum absolute atomic E-state index is 12.5. The van der Waals surface area contributed by atoms with Crippen LogP contribution in [0.25, 0.3) is 0 Å². The molecule has 2 fully saturated rings. The molecule has 2 aliphatic rings. The van der Waals surface area contributed by atoms with Gasteiger partial charge in [-0.2, -0.15) is 16.1 Å². The molecule has 1 aromatic rings. The molecule has 0 radical (unpaired) electrons. The second kappa shape index (κ2) is 5.38. The van der Waals surface area contributed by atoms with Gasteiger partial charge in [0.05, 0.1) is 5.25 Å². The van der Waals surface area contributed by atoms with Crippen molar-refractivity contribution in [3.8, 4) is 0 Å². The highest BCUT2D eigenvalue weighted by atomic mass is 32.2. The zero-order chi connectivity index (χ0) is 14.3. The zero-order valence-electron chi connectivity index (χ0n) is 11.4. The van der Waals surface area contributed by atoms with Gasteiger partial charge >= 0.3 is 0 Å². The van der Waals surface area contributed by atoms with Crippen LogP contribution in [-0.4, -0.2) is 42.1 Å². The van der Waals surface area contributed by atoms with Gasteiger partial charge in [0.15, 0.2) is 15.7 Å². The third-order valence-corrected chi connectivity index (χ3v) is 8.53. The van der Waals surface area contributed by atoms with Crippen molar-refractivity contribution in [2.75, 3.05) is 29.5 Å². The molecular weight excluding hydrogens is 314 g/mol. The quantitative estimate of drug-likeness (QED) is 0.908. The van der Waals surface area contributed by atoms with Gasteiger partial charge in [0.1, 0.15) is 9.90 Å². The number of aromatic nitrogens is 1. The molecule has 1 atom stereocenters. The topological polar surface area (TPSA) is 76.3 Å². The Kier molecular flexibility index (Phi) is 3.89. The van der Waals surface area contributed by atoms with Crippen molar-refractivity contribution in [2.45, 2.75) is 41.6 Å². The third kappa shape index (κ3) is 2.53. The van der Waals surface area contributed by atoms with Gasteiger partial charge in [-0.15, -0.1) is 0 Å². The maximum atomic E-state index is 12.5. The van der Waals surface area contributed by atoms with Crippen molar-refractivity contribution < 1.29 is 8.42 Å². The molecule has 3 rings (SSSR count). The first-order chi connectivity index (χ1) is 9.54. The summed E-state index contributed by atoms with van der Waals surface area (Å²) in [6.45, 7) is 3.93. The van der Waals surface area contributed by atoms with E-state index in [-0.39, 0.29) is 11.1 Å². The number of rotatable bonds is 4. The van der Waals surface area contributed by atoms with Crippen molar-refractivity contribution in [1.82, 2.24) is 4.37 Å².